The highest BCUT2D eigenvalue weighted by atomic mass is 35.5. The van der Waals surface area contributed by atoms with Crippen LogP contribution in [0.25, 0.3) is 32.5 Å². The van der Waals surface area contributed by atoms with E-state index < -0.39 is 10.1 Å². The van der Waals surface area contributed by atoms with Crippen LogP contribution in [0.15, 0.2) is 58.1 Å². The van der Waals surface area contributed by atoms with Crippen LogP contribution in [0.2, 0.25) is 20.1 Å². The number of halogens is 4. The number of aromatic nitrogens is 4. The second-order valence-electron chi connectivity index (χ2n) is 12.9. The number of nitrogens with zero attached hydrogens (tertiary/aromatic N) is 4. The number of ether oxygens (including phenoxy) is 2. The molecular formula is C37H32Cl4N4O5S3. The number of hydrogen-bond acceptors (Lipinski definition) is 8. The third-order valence-electron chi connectivity index (χ3n) is 9.43. The van der Waals surface area contributed by atoms with Gasteiger partial charge in [0.05, 0.1) is 67.2 Å². The number of aryl methyl sites for hydroxylation is 2. The van der Waals surface area contributed by atoms with E-state index >= 15 is 0 Å². The summed E-state index contributed by atoms with van der Waals surface area (Å²) >= 11 is 28.5. The average Bonchev–Trinajstić information content (AvgIpc) is 3.86. The van der Waals surface area contributed by atoms with Crippen LogP contribution in [0.5, 0.6) is 0 Å². The molecule has 4 heterocycles. The minimum absolute atomic E-state index is 0.101. The lowest BCUT2D eigenvalue weighted by molar-refractivity contribution is 0.0667. The standard InChI is InChI=1S/C37H32Cl4N4O5S3/c38-23-8-10-31(27(40)17-23)44-34-25(6-1-4-21-12-15-51-36(21)34)29(42-44)19-49-13-3-14-50-20-30-26-7-2-5-22-16-33(53(46,47)48)52-37(22)35(26)45(43-30)32-11-9-24(39)18-28(32)41/h8-12,15-18H,1-7,13-14,19-20H2,(H,46,47,48). The summed E-state index contributed by atoms with van der Waals surface area (Å²) in [4.78, 5) is 1.95. The Labute approximate surface area is 334 Å². The summed E-state index contributed by atoms with van der Waals surface area (Å²) in [6.45, 7) is 1.51. The summed E-state index contributed by atoms with van der Waals surface area (Å²) in [5, 5.41) is 14.1. The Hall–Kier alpha value is -2.75. The maximum Gasteiger partial charge on any atom is 0.304 e. The molecule has 0 amide bonds. The number of rotatable bonds is 11. The van der Waals surface area contributed by atoms with Crippen molar-refractivity contribution in [2.24, 2.45) is 0 Å². The van der Waals surface area contributed by atoms with Crippen molar-refractivity contribution in [3.05, 3.63) is 108 Å². The molecule has 276 valence electrons. The van der Waals surface area contributed by atoms with Crippen LogP contribution >= 0.6 is 69.1 Å². The first kappa shape index (κ1) is 37.2. The van der Waals surface area contributed by atoms with E-state index in [9.17, 15) is 13.0 Å². The van der Waals surface area contributed by atoms with Crippen LogP contribution in [0.4, 0.5) is 0 Å². The van der Waals surface area contributed by atoms with Crippen molar-refractivity contribution in [1.82, 2.24) is 19.6 Å². The molecule has 1 N–H and O–H groups in total. The summed E-state index contributed by atoms with van der Waals surface area (Å²) < 4.78 is 49.9. The second kappa shape index (κ2) is 15.4. The summed E-state index contributed by atoms with van der Waals surface area (Å²) in [6, 6.07) is 14.4. The molecule has 8 rings (SSSR count). The van der Waals surface area contributed by atoms with Gasteiger partial charge in [0, 0.05) is 34.4 Å². The first-order valence-corrected chi connectivity index (χ1v) is 21.7. The number of thiophene rings is 2. The van der Waals surface area contributed by atoms with Crippen molar-refractivity contribution < 1.29 is 22.4 Å². The van der Waals surface area contributed by atoms with Crippen molar-refractivity contribution >= 4 is 79.2 Å². The van der Waals surface area contributed by atoms with Gasteiger partial charge in [-0.2, -0.15) is 18.6 Å². The van der Waals surface area contributed by atoms with Crippen LogP contribution in [0, 0.1) is 0 Å². The molecule has 0 spiro atoms. The SMILES string of the molecule is O=S(=O)(O)c1cc2c(s1)-c1c(c(COCCCOCc3nn(-c4ccc(Cl)cc4Cl)c4c3CCCc3ccsc3-4)nn1-c1ccc(Cl)cc1Cl)CCC2. The highest BCUT2D eigenvalue weighted by Crippen LogP contribution is 2.44. The molecular weight excluding hydrogens is 818 g/mol. The topological polar surface area (TPSA) is 108 Å². The van der Waals surface area contributed by atoms with Crippen LogP contribution in [0.3, 0.4) is 0 Å². The maximum absolute atomic E-state index is 12.1. The lowest BCUT2D eigenvalue weighted by Crippen LogP contribution is -2.05. The van der Waals surface area contributed by atoms with Gasteiger partial charge < -0.3 is 9.47 Å². The molecule has 0 aliphatic heterocycles. The van der Waals surface area contributed by atoms with Crippen molar-refractivity contribution in [3.8, 4) is 32.5 Å². The largest absolute Gasteiger partial charge is 0.375 e. The van der Waals surface area contributed by atoms with Crippen LogP contribution in [0.1, 0.15) is 52.9 Å². The second-order valence-corrected chi connectivity index (χ2v) is 18.2. The van der Waals surface area contributed by atoms with Gasteiger partial charge in [0.15, 0.2) is 0 Å². The van der Waals surface area contributed by atoms with Gasteiger partial charge in [-0.3, -0.25) is 4.55 Å². The van der Waals surface area contributed by atoms with Crippen LogP contribution in [-0.2, 0) is 58.5 Å². The monoisotopic (exact) mass is 848 g/mol. The van der Waals surface area contributed by atoms with E-state index in [0.717, 1.165) is 87.9 Å². The Morgan fingerprint density at radius 1 is 0.717 bits per heavy atom. The average molecular weight is 851 g/mol. The molecule has 6 aromatic rings. The number of fused-ring (bicyclic) bond motifs is 6. The highest BCUT2D eigenvalue weighted by Gasteiger charge is 2.30. The molecule has 53 heavy (non-hydrogen) atoms. The molecule has 0 saturated heterocycles. The molecule has 0 fully saturated rings. The van der Waals surface area contributed by atoms with Crippen molar-refractivity contribution in [3.63, 3.8) is 0 Å². The first-order chi connectivity index (χ1) is 25.6. The van der Waals surface area contributed by atoms with Crippen LogP contribution in [-0.4, -0.2) is 45.7 Å². The molecule has 2 aliphatic rings. The number of benzene rings is 2. The lowest BCUT2D eigenvalue weighted by atomic mass is 10.1. The quantitative estimate of drug-likeness (QED) is 0.102. The van der Waals surface area contributed by atoms with E-state index in [1.54, 1.807) is 46.4 Å². The fourth-order valence-electron chi connectivity index (χ4n) is 7.04. The predicted molar refractivity (Wildman–Crippen MR) is 212 cm³/mol. The normalized spacial score (nSPS) is 14.0. The van der Waals surface area contributed by atoms with Gasteiger partial charge in [-0.25, -0.2) is 9.36 Å². The lowest BCUT2D eigenvalue weighted by Gasteiger charge is -2.10. The van der Waals surface area contributed by atoms with Gasteiger partial charge in [-0.05, 0) is 110 Å². The number of hydrogen-bond donors (Lipinski definition) is 1. The van der Waals surface area contributed by atoms with E-state index in [0.29, 0.717) is 58.4 Å². The molecule has 0 saturated carbocycles. The van der Waals surface area contributed by atoms with Gasteiger partial charge in [0.25, 0.3) is 0 Å². The fraction of sp³-hybridized carbons (Fsp3) is 0.297. The highest BCUT2D eigenvalue weighted by molar-refractivity contribution is 7.88. The van der Waals surface area contributed by atoms with Crippen LogP contribution < -0.4 is 0 Å². The van der Waals surface area contributed by atoms with E-state index in [1.165, 1.54) is 16.0 Å². The Morgan fingerprint density at radius 2 is 1.26 bits per heavy atom. The van der Waals surface area contributed by atoms with Crippen molar-refractivity contribution in [2.75, 3.05) is 13.2 Å². The van der Waals surface area contributed by atoms with E-state index in [4.69, 9.17) is 66.1 Å². The third kappa shape index (κ3) is 7.48. The minimum Gasteiger partial charge on any atom is -0.375 e. The molecule has 0 radical (unpaired) electrons. The van der Waals surface area contributed by atoms with E-state index in [1.807, 2.05) is 16.8 Å². The maximum atomic E-state index is 12.1. The Bertz CT molecular complexity index is 2450. The molecule has 0 unspecified atom stereocenters. The molecule has 9 nitrogen and oxygen atoms in total. The predicted octanol–water partition coefficient (Wildman–Crippen LogP) is 10.5. The zero-order valence-electron chi connectivity index (χ0n) is 28.1. The summed E-state index contributed by atoms with van der Waals surface area (Å²) in [6.07, 6.45) is 5.73. The Morgan fingerprint density at radius 3 is 1.81 bits per heavy atom. The smallest absolute Gasteiger partial charge is 0.304 e. The first-order valence-electron chi connectivity index (χ1n) is 17.0. The molecule has 4 aromatic heterocycles. The Kier molecular flexibility index (Phi) is 10.8. The molecule has 0 bridgehead atoms. The van der Waals surface area contributed by atoms with E-state index in [-0.39, 0.29) is 10.8 Å². The fourth-order valence-corrected chi connectivity index (χ4v) is 11.0. The van der Waals surface area contributed by atoms with Crippen molar-refractivity contribution in [1.29, 1.82) is 0 Å². The zero-order chi connectivity index (χ0) is 36.9. The summed E-state index contributed by atoms with van der Waals surface area (Å²) in [7, 11) is -4.38. The van der Waals surface area contributed by atoms with Gasteiger partial charge in [0.2, 0.25) is 0 Å². The zero-order valence-corrected chi connectivity index (χ0v) is 33.6. The molecule has 2 aromatic carbocycles. The molecule has 0 atom stereocenters. The molecule has 16 heteroatoms. The Balaban J connectivity index is 0.976. The van der Waals surface area contributed by atoms with Gasteiger partial charge >= 0.3 is 10.1 Å². The molecule has 2 aliphatic carbocycles. The summed E-state index contributed by atoms with van der Waals surface area (Å²) in [5.41, 5.74) is 9.14. The van der Waals surface area contributed by atoms with Gasteiger partial charge in [0.1, 0.15) is 4.21 Å². The minimum atomic E-state index is -4.38. The third-order valence-corrected chi connectivity index (χ3v) is 14.0. The van der Waals surface area contributed by atoms with Gasteiger partial charge in [-0.1, -0.05) is 46.4 Å². The van der Waals surface area contributed by atoms with Gasteiger partial charge in [-0.15, -0.1) is 22.7 Å². The van der Waals surface area contributed by atoms with E-state index in [2.05, 4.69) is 11.4 Å². The van der Waals surface area contributed by atoms with Crippen molar-refractivity contribution in [2.45, 2.75) is 62.4 Å². The summed E-state index contributed by atoms with van der Waals surface area (Å²) in [5.74, 6) is 0.